The van der Waals surface area contributed by atoms with Gasteiger partial charge in [-0.3, -0.25) is 19.2 Å². The van der Waals surface area contributed by atoms with Crippen LogP contribution in [0.3, 0.4) is 0 Å². The maximum atomic E-state index is 14.2. The van der Waals surface area contributed by atoms with Gasteiger partial charge in [0.1, 0.15) is 17.5 Å². The first kappa shape index (κ1) is 31.2. The average Bonchev–Trinajstić information content (AvgIpc) is 3.24. The number of hydrogen-bond donors (Lipinski definition) is 0. The van der Waals surface area contributed by atoms with Gasteiger partial charge in [0.15, 0.2) is 10.9 Å². The Morgan fingerprint density at radius 1 is 1.09 bits per heavy atom. The minimum Gasteiger partial charge on any atom is -0.462 e. The molecule has 0 aromatic heterocycles. The lowest BCUT2D eigenvalue weighted by atomic mass is 9.46. The summed E-state index contributed by atoms with van der Waals surface area (Å²) in [5, 5.41) is -0.0789. The summed E-state index contributed by atoms with van der Waals surface area (Å²) in [6.07, 6.45) is 9.66. The highest BCUT2D eigenvalue weighted by molar-refractivity contribution is 8.13. The lowest BCUT2D eigenvalue weighted by Gasteiger charge is -2.59. The third-order valence-corrected chi connectivity index (χ3v) is 13.1. The molecule has 0 aromatic carbocycles. The van der Waals surface area contributed by atoms with Crippen molar-refractivity contribution < 1.29 is 38.1 Å². The molecule has 2 saturated heterocycles. The summed E-state index contributed by atoms with van der Waals surface area (Å²) >= 11 is 1.13. The van der Waals surface area contributed by atoms with Gasteiger partial charge in [0.2, 0.25) is 0 Å². The molecule has 43 heavy (non-hydrogen) atoms. The van der Waals surface area contributed by atoms with Crippen LogP contribution in [0.5, 0.6) is 0 Å². The van der Waals surface area contributed by atoms with Crippen molar-refractivity contribution in [2.45, 2.75) is 116 Å². The second-order valence-corrected chi connectivity index (χ2v) is 16.0. The Labute approximate surface area is 259 Å². The summed E-state index contributed by atoms with van der Waals surface area (Å²) in [7, 11) is 0. The van der Waals surface area contributed by atoms with Gasteiger partial charge in [-0.15, -0.1) is 0 Å². The fraction of sp³-hybridized carbons (Fsp3) is 0.765. The Hall–Kier alpha value is -1.81. The Bertz CT molecular complexity index is 1310. The molecule has 11 atom stereocenters. The average molecular weight is 615 g/mol. The third kappa shape index (κ3) is 4.66. The Morgan fingerprint density at radius 3 is 2.49 bits per heavy atom. The van der Waals surface area contributed by atoms with Gasteiger partial charge >= 0.3 is 5.97 Å². The molecule has 5 fully saturated rings. The number of allylic oxidation sites excluding steroid dienone is 3. The first-order valence-corrected chi connectivity index (χ1v) is 17.0. The maximum Gasteiger partial charge on any atom is 0.302 e. The molecule has 2 aliphatic heterocycles. The predicted molar refractivity (Wildman–Crippen MR) is 161 cm³/mol. The summed E-state index contributed by atoms with van der Waals surface area (Å²) in [6, 6.07) is 0. The molecule has 0 aromatic rings. The van der Waals surface area contributed by atoms with Crippen molar-refractivity contribution in [1.82, 2.24) is 0 Å². The van der Waals surface area contributed by atoms with E-state index in [0.717, 1.165) is 30.2 Å². The highest BCUT2D eigenvalue weighted by Crippen LogP contribution is 2.67. The monoisotopic (exact) mass is 614 g/mol. The molecule has 0 amide bonds. The van der Waals surface area contributed by atoms with Crippen molar-refractivity contribution in [2.24, 2.45) is 40.4 Å². The van der Waals surface area contributed by atoms with Crippen LogP contribution in [0.1, 0.15) is 87.0 Å². The minimum atomic E-state index is -1.47. The van der Waals surface area contributed by atoms with E-state index >= 15 is 0 Å². The number of esters is 1. The Balaban J connectivity index is 1.33. The lowest BCUT2D eigenvalue weighted by Crippen LogP contribution is -2.57. The molecule has 3 saturated carbocycles. The van der Waals surface area contributed by atoms with Crippen molar-refractivity contribution in [3.8, 4) is 0 Å². The third-order valence-electron chi connectivity index (χ3n) is 12.5. The van der Waals surface area contributed by atoms with Crippen LogP contribution in [-0.4, -0.2) is 58.3 Å². The largest absolute Gasteiger partial charge is 0.462 e. The van der Waals surface area contributed by atoms with Gasteiger partial charge in [0.05, 0.1) is 18.1 Å². The van der Waals surface area contributed by atoms with Crippen molar-refractivity contribution in [1.29, 1.82) is 0 Å². The van der Waals surface area contributed by atoms with Crippen LogP contribution in [0, 0.1) is 40.4 Å². The van der Waals surface area contributed by atoms with Crippen molar-refractivity contribution in [2.75, 3.05) is 6.26 Å². The van der Waals surface area contributed by atoms with E-state index in [1.54, 1.807) is 18.4 Å². The zero-order valence-electron chi connectivity index (χ0n) is 26.7. The number of fused-ring (bicyclic) bond motifs is 7. The fourth-order valence-corrected chi connectivity index (χ4v) is 10.4. The number of rotatable bonds is 5. The normalized spacial score (nSPS) is 46.8. The van der Waals surface area contributed by atoms with E-state index in [1.807, 2.05) is 20.8 Å². The van der Waals surface area contributed by atoms with E-state index < -0.39 is 17.2 Å². The maximum absolute atomic E-state index is 14.2. The molecule has 6 aliphatic rings. The number of ether oxygens (including phenoxy) is 4. The predicted octanol–water partition coefficient (Wildman–Crippen LogP) is 5.57. The zero-order chi connectivity index (χ0) is 31.3. The van der Waals surface area contributed by atoms with Gasteiger partial charge in [-0.2, -0.15) is 0 Å². The molecular formula is C34H46O8S. The molecule has 0 radical (unpaired) electrons. The van der Waals surface area contributed by atoms with Crippen LogP contribution in [0.15, 0.2) is 23.8 Å². The smallest absolute Gasteiger partial charge is 0.302 e. The van der Waals surface area contributed by atoms with Gasteiger partial charge in [-0.1, -0.05) is 44.2 Å². The van der Waals surface area contributed by atoms with E-state index in [2.05, 4.69) is 26.8 Å². The summed E-state index contributed by atoms with van der Waals surface area (Å²) < 4.78 is 25.4. The second kappa shape index (κ2) is 10.1. The van der Waals surface area contributed by atoms with E-state index in [4.69, 9.17) is 18.9 Å². The van der Waals surface area contributed by atoms with Gasteiger partial charge in [-0.05, 0) is 75.2 Å². The lowest BCUT2D eigenvalue weighted by molar-refractivity contribution is -0.392. The van der Waals surface area contributed by atoms with Gasteiger partial charge in [-0.25, -0.2) is 0 Å². The molecule has 2 heterocycles. The second-order valence-electron chi connectivity index (χ2n) is 15.1. The Kier molecular flexibility index (Phi) is 7.32. The van der Waals surface area contributed by atoms with Gasteiger partial charge in [0.25, 0.3) is 5.97 Å². The SMILES string of the molecule is CSC(=O)C[C@@]12O[C@@H]([C@@H](C)[C@H]3C(=O)C[C@@H]4[C@@H]5[C@H](OC(C)=O)CC6=CC(=O)C=C[C@]6(C)[C@H]5CC[C@@]43C)C[C@@](C)(O1)C(C)(C)O2. The first-order valence-electron chi connectivity index (χ1n) is 15.8. The van der Waals surface area contributed by atoms with Crippen molar-refractivity contribution in [3.05, 3.63) is 23.8 Å². The zero-order valence-corrected chi connectivity index (χ0v) is 27.5. The molecule has 8 nitrogen and oxygen atoms in total. The molecule has 4 aliphatic carbocycles. The van der Waals surface area contributed by atoms with Gasteiger partial charge in [0, 0.05) is 43.4 Å². The number of Topliss-reactive ketones (excluding diaryl/α,β-unsaturated/α-hetero) is 1. The number of thioether (sulfide) groups is 1. The van der Waals surface area contributed by atoms with Crippen LogP contribution in [0.4, 0.5) is 0 Å². The number of carbonyl (C=O) groups is 4. The first-order chi connectivity index (χ1) is 20.0. The molecule has 0 spiro atoms. The number of carbonyl (C=O) groups excluding carboxylic acids is 4. The van der Waals surface area contributed by atoms with Crippen molar-refractivity contribution >= 4 is 34.4 Å². The van der Waals surface area contributed by atoms with Gasteiger partial charge < -0.3 is 18.9 Å². The van der Waals surface area contributed by atoms with E-state index in [9.17, 15) is 19.2 Å². The highest BCUT2D eigenvalue weighted by atomic mass is 32.2. The van der Waals surface area contributed by atoms with Crippen LogP contribution in [0.25, 0.3) is 0 Å². The summed E-state index contributed by atoms with van der Waals surface area (Å²) in [5.74, 6) is -1.81. The fourth-order valence-electron chi connectivity index (χ4n) is 10.1. The standard InChI is InChI=1S/C34H46O8S/c1-18(26-16-33(7)30(3,4)41-34(40-26,42-33)17-27(38)43-8)29-24(37)15-23-28-22(10-12-32(23,29)6)31(5)11-9-21(36)13-20(31)14-25(28)39-19(2)35/h9,11,13,18,22-23,25-26,28-29H,10,12,14-17H2,1-8H3/t18-,22+,23-,25-,26-,28-,29+,31+,32+,33-,34+/m1/s1. The summed E-state index contributed by atoms with van der Waals surface area (Å²) in [5.41, 5.74) is -0.965. The van der Waals surface area contributed by atoms with Crippen LogP contribution >= 0.6 is 11.8 Å². The molecule has 0 N–H and O–H groups in total. The molecular weight excluding hydrogens is 568 g/mol. The topological polar surface area (TPSA) is 105 Å². The minimum absolute atomic E-state index is 0.000849. The molecule has 0 unspecified atom stereocenters. The number of ketones is 2. The van der Waals surface area contributed by atoms with Crippen LogP contribution < -0.4 is 0 Å². The van der Waals surface area contributed by atoms with E-state index in [0.29, 0.717) is 19.3 Å². The number of hydrogen-bond acceptors (Lipinski definition) is 9. The summed E-state index contributed by atoms with van der Waals surface area (Å²) in [4.78, 5) is 51.4. The van der Waals surface area contributed by atoms with E-state index in [-0.39, 0.29) is 81.7 Å². The van der Waals surface area contributed by atoms with Crippen molar-refractivity contribution in [3.63, 3.8) is 0 Å². The highest BCUT2D eigenvalue weighted by Gasteiger charge is 2.69. The Morgan fingerprint density at radius 2 is 1.81 bits per heavy atom. The van der Waals surface area contributed by atoms with Crippen LogP contribution in [0.2, 0.25) is 0 Å². The molecule has 236 valence electrons. The summed E-state index contributed by atoms with van der Waals surface area (Å²) in [6.45, 7) is 14.0. The molecule has 6 rings (SSSR count). The van der Waals surface area contributed by atoms with Crippen LogP contribution in [-0.2, 0) is 38.1 Å². The molecule has 9 heteroatoms. The van der Waals surface area contributed by atoms with E-state index in [1.165, 1.54) is 6.92 Å². The molecule has 2 bridgehead atoms. The quantitative estimate of drug-likeness (QED) is 0.367.